The second-order valence-electron chi connectivity index (χ2n) is 3.87. The Morgan fingerprint density at radius 2 is 2.21 bits per heavy atom. The van der Waals surface area contributed by atoms with Crippen LogP contribution in [0.1, 0.15) is 36.3 Å². The average Bonchev–Trinajstić information content (AvgIpc) is 2.57. The van der Waals surface area contributed by atoms with Gasteiger partial charge >= 0.3 is 0 Å². The van der Waals surface area contributed by atoms with Crippen LogP contribution in [-0.4, -0.2) is 5.78 Å². The number of halogens is 1. The first-order valence-corrected chi connectivity index (χ1v) is 5.77. The fraction of sp³-hybridized carbons (Fsp3) is 0.417. The SMILES string of the molecule is Cc1c(Br)cccc1C1CCCC1=O. The highest BCUT2D eigenvalue weighted by Crippen LogP contribution is 2.34. The summed E-state index contributed by atoms with van der Waals surface area (Å²) in [6.07, 6.45) is 2.84. The van der Waals surface area contributed by atoms with Gasteiger partial charge in [0.25, 0.3) is 0 Å². The maximum absolute atomic E-state index is 11.6. The molecule has 0 radical (unpaired) electrons. The number of ketones is 1. The van der Waals surface area contributed by atoms with Crippen LogP contribution in [-0.2, 0) is 4.79 Å². The van der Waals surface area contributed by atoms with Crippen molar-refractivity contribution in [2.45, 2.75) is 32.1 Å². The van der Waals surface area contributed by atoms with Crippen molar-refractivity contribution in [2.75, 3.05) is 0 Å². The molecule has 1 unspecified atom stereocenters. The molecule has 1 nitrogen and oxygen atoms in total. The molecule has 74 valence electrons. The van der Waals surface area contributed by atoms with Crippen molar-refractivity contribution in [2.24, 2.45) is 0 Å². The molecule has 0 spiro atoms. The number of benzene rings is 1. The Labute approximate surface area is 92.6 Å². The van der Waals surface area contributed by atoms with Crippen molar-refractivity contribution in [3.8, 4) is 0 Å². The zero-order valence-corrected chi connectivity index (χ0v) is 9.80. The van der Waals surface area contributed by atoms with Gasteiger partial charge in [0.1, 0.15) is 5.78 Å². The second-order valence-corrected chi connectivity index (χ2v) is 4.72. The summed E-state index contributed by atoms with van der Waals surface area (Å²) in [5, 5.41) is 0. The molecule has 1 aliphatic carbocycles. The summed E-state index contributed by atoms with van der Waals surface area (Å²) < 4.78 is 1.11. The monoisotopic (exact) mass is 252 g/mol. The van der Waals surface area contributed by atoms with Crippen LogP contribution in [0.2, 0.25) is 0 Å². The van der Waals surface area contributed by atoms with E-state index in [2.05, 4.69) is 28.9 Å². The summed E-state index contributed by atoms with van der Waals surface area (Å²) in [4.78, 5) is 11.6. The number of hydrogen-bond donors (Lipinski definition) is 0. The molecule has 0 bridgehead atoms. The molecule has 0 saturated heterocycles. The predicted molar refractivity (Wildman–Crippen MR) is 60.5 cm³/mol. The molecule has 1 saturated carbocycles. The van der Waals surface area contributed by atoms with E-state index >= 15 is 0 Å². The van der Waals surface area contributed by atoms with Gasteiger partial charge in [-0.2, -0.15) is 0 Å². The second kappa shape index (κ2) is 3.85. The van der Waals surface area contributed by atoms with E-state index < -0.39 is 0 Å². The lowest BCUT2D eigenvalue weighted by Crippen LogP contribution is -2.06. The smallest absolute Gasteiger partial charge is 0.140 e. The van der Waals surface area contributed by atoms with Crippen LogP contribution in [0.4, 0.5) is 0 Å². The van der Waals surface area contributed by atoms with E-state index in [4.69, 9.17) is 0 Å². The minimum Gasteiger partial charge on any atom is -0.299 e. The van der Waals surface area contributed by atoms with Crippen molar-refractivity contribution in [1.29, 1.82) is 0 Å². The Morgan fingerprint density at radius 1 is 1.43 bits per heavy atom. The van der Waals surface area contributed by atoms with Gasteiger partial charge in [0.15, 0.2) is 0 Å². The van der Waals surface area contributed by atoms with Crippen LogP contribution in [0.3, 0.4) is 0 Å². The minimum absolute atomic E-state index is 0.160. The summed E-state index contributed by atoms with van der Waals surface area (Å²) in [6.45, 7) is 2.07. The third-order valence-electron chi connectivity index (χ3n) is 2.99. The van der Waals surface area contributed by atoms with Crippen LogP contribution in [0.5, 0.6) is 0 Å². The average molecular weight is 253 g/mol. The fourth-order valence-corrected chi connectivity index (χ4v) is 2.53. The standard InChI is InChI=1S/C12H13BrO/c1-8-9(4-2-6-11(8)13)10-5-3-7-12(10)14/h2,4,6,10H,3,5,7H2,1H3. The largest absolute Gasteiger partial charge is 0.299 e. The Kier molecular flexibility index (Phi) is 2.73. The normalized spacial score (nSPS) is 21.6. The zero-order chi connectivity index (χ0) is 10.1. The molecule has 1 aromatic carbocycles. The Morgan fingerprint density at radius 3 is 2.86 bits per heavy atom. The molecule has 0 heterocycles. The third kappa shape index (κ3) is 1.63. The van der Waals surface area contributed by atoms with Crippen molar-refractivity contribution < 1.29 is 4.79 Å². The quantitative estimate of drug-likeness (QED) is 0.747. The Bertz CT molecular complexity index is 371. The molecule has 1 aliphatic rings. The van der Waals surface area contributed by atoms with E-state index in [1.165, 1.54) is 11.1 Å². The highest BCUT2D eigenvalue weighted by atomic mass is 79.9. The first kappa shape index (κ1) is 9.91. The van der Waals surface area contributed by atoms with Crippen LogP contribution in [0, 0.1) is 6.92 Å². The minimum atomic E-state index is 0.160. The van der Waals surface area contributed by atoms with Crippen molar-refractivity contribution >= 4 is 21.7 Å². The molecule has 0 aromatic heterocycles. The van der Waals surface area contributed by atoms with E-state index in [-0.39, 0.29) is 5.92 Å². The zero-order valence-electron chi connectivity index (χ0n) is 8.22. The summed E-state index contributed by atoms with van der Waals surface area (Å²) in [7, 11) is 0. The Balaban J connectivity index is 2.41. The first-order valence-electron chi connectivity index (χ1n) is 4.98. The molecule has 1 fully saturated rings. The van der Waals surface area contributed by atoms with E-state index in [0.29, 0.717) is 5.78 Å². The van der Waals surface area contributed by atoms with Crippen LogP contribution in [0.25, 0.3) is 0 Å². The molecule has 2 heteroatoms. The summed E-state index contributed by atoms with van der Waals surface area (Å²) >= 11 is 3.50. The van der Waals surface area contributed by atoms with Crippen molar-refractivity contribution in [3.63, 3.8) is 0 Å². The van der Waals surface area contributed by atoms with Crippen molar-refractivity contribution in [3.05, 3.63) is 33.8 Å². The van der Waals surface area contributed by atoms with Gasteiger partial charge in [-0.1, -0.05) is 28.1 Å². The number of carbonyl (C=O) groups is 1. The van der Waals surface area contributed by atoms with Crippen LogP contribution < -0.4 is 0 Å². The molecule has 0 aliphatic heterocycles. The van der Waals surface area contributed by atoms with Gasteiger partial charge in [-0.25, -0.2) is 0 Å². The van der Waals surface area contributed by atoms with Gasteiger partial charge in [0, 0.05) is 16.8 Å². The van der Waals surface area contributed by atoms with Gasteiger partial charge in [-0.3, -0.25) is 4.79 Å². The summed E-state index contributed by atoms with van der Waals surface area (Å²) in [5.74, 6) is 0.568. The van der Waals surface area contributed by atoms with Crippen LogP contribution in [0.15, 0.2) is 22.7 Å². The third-order valence-corrected chi connectivity index (χ3v) is 3.85. The lowest BCUT2D eigenvalue weighted by molar-refractivity contribution is -0.118. The van der Waals surface area contributed by atoms with E-state index in [9.17, 15) is 4.79 Å². The highest BCUT2D eigenvalue weighted by Gasteiger charge is 2.27. The Hall–Kier alpha value is -0.630. The van der Waals surface area contributed by atoms with Gasteiger partial charge < -0.3 is 0 Å². The summed E-state index contributed by atoms with van der Waals surface area (Å²) in [5.41, 5.74) is 2.43. The lowest BCUT2D eigenvalue weighted by atomic mass is 9.93. The lowest BCUT2D eigenvalue weighted by Gasteiger charge is -2.12. The maximum Gasteiger partial charge on any atom is 0.140 e. The van der Waals surface area contributed by atoms with Gasteiger partial charge in [-0.05, 0) is 37.0 Å². The maximum atomic E-state index is 11.6. The summed E-state index contributed by atoms with van der Waals surface area (Å²) in [6, 6.07) is 6.12. The molecule has 2 rings (SSSR count). The highest BCUT2D eigenvalue weighted by molar-refractivity contribution is 9.10. The number of hydrogen-bond acceptors (Lipinski definition) is 1. The molecular weight excluding hydrogens is 240 g/mol. The van der Waals surface area contributed by atoms with Crippen LogP contribution >= 0.6 is 15.9 Å². The molecule has 1 aromatic rings. The molecular formula is C12H13BrO. The topological polar surface area (TPSA) is 17.1 Å². The van der Waals surface area contributed by atoms with Gasteiger partial charge in [0.2, 0.25) is 0 Å². The van der Waals surface area contributed by atoms with E-state index in [0.717, 1.165) is 23.7 Å². The van der Waals surface area contributed by atoms with Crippen molar-refractivity contribution in [1.82, 2.24) is 0 Å². The molecule has 0 N–H and O–H groups in total. The fourth-order valence-electron chi connectivity index (χ4n) is 2.15. The number of carbonyl (C=O) groups excluding carboxylic acids is 1. The molecule has 1 atom stereocenters. The van der Waals surface area contributed by atoms with E-state index in [1.54, 1.807) is 0 Å². The number of Topliss-reactive ketones (excluding diaryl/α,β-unsaturated/α-hetero) is 1. The predicted octanol–water partition coefficient (Wildman–Crippen LogP) is 3.59. The van der Waals surface area contributed by atoms with Gasteiger partial charge in [0.05, 0.1) is 0 Å². The van der Waals surface area contributed by atoms with E-state index in [1.807, 2.05) is 12.1 Å². The van der Waals surface area contributed by atoms with Gasteiger partial charge in [-0.15, -0.1) is 0 Å². The first-order chi connectivity index (χ1) is 6.70. The molecule has 0 amide bonds. The molecule has 14 heavy (non-hydrogen) atoms. The number of rotatable bonds is 1.